The summed E-state index contributed by atoms with van der Waals surface area (Å²) in [5.74, 6) is 0.778. The molecule has 0 heterocycles. The van der Waals surface area contributed by atoms with Crippen LogP contribution in [0, 0.1) is 19.8 Å². The van der Waals surface area contributed by atoms with Gasteiger partial charge in [-0.05, 0) is 61.9 Å². The van der Waals surface area contributed by atoms with Crippen LogP contribution in [0.5, 0.6) is 0 Å². The molecule has 1 nitrogen and oxygen atoms in total. The van der Waals surface area contributed by atoms with Gasteiger partial charge in [0.1, 0.15) is 0 Å². The van der Waals surface area contributed by atoms with Gasteiger partial charge in [-0.1, -0.05) is 45.8 Å². The van der Waals surface area contributed by atoms with Crippen LogP contribution in [-0.4, -0.2) is 0 Å². The first-order valence-corrected chi connectivity index (χ1v) is 8.02. The van der Waals surface area contributed by atoms with Crippen LogP contribution in [-0.2, 0) is 0 Å². The molecule has 1 atom stereocenters. The highest BCUT2D eigenvalue weighted by Crippen LogP contribution is 2.43. The fraction of sp³-hybridized carbons (Fsp3) is 0.333. The van der Waals surface area contributed by atoms with Crippen molar-refractivity contribution in [1.29, 1.82) is 0 Å². The van der Waals surface area contributed by atoms with E-state index in [0.29, 0.717) is 6.04 Å². The lowest BCUT2D eigenvalue weighted by molar-refractivity contribution is 0.678. The Morgan fingerprint density at radius 1 is 1.05 bits per heavy atom. The van der Waals surface area contributed by atoms with Gasteiger partial charge in [-0.3, -0.25) is 0 Å². The molecule has 0 aromatic heterocycles. The van der Waals surface area contributed by atoms with E-state index < -0.39 is 0 Å². The first-order chi connectivity index (χ1) is 9.63. The minimum atomic E-state index is 0.440. The quantitative estimate of drug-likeness (QED) is 0.766. The topological polar surface area (TPSA) is 12.0 Å². The number of hydrogen-bond acceptors (Lipinski definition) is 1. The predicted octanol–water partition coefficient (Wildman–Crippen LogP) is 5.63. The molecule has 1 fully saturated rings. The number of nitrogens with one attached hydrogen (secondary N) is 1. The summed E-state index contributed by atoms with van der Waals surface area (Å²) >= 11 is 3.53. The fourth-order valence-electron chi connectivity index (χ4n) is 2.63. The number of hydrogen-bond donors (Lipinski definition) is 1. The number of benzene rings is 2. The number of halogens is 1. The van der Waals surface area contributed by atoms with Gasteiger partial charge in [-0.25, -0.2) is 0 Å². The summed E-state index contributed by atoms with van der Waals surface area (Å²) in [6, 6.07) is 15.8. The molecule has 2 heteroatoms. The highest BCUT2D eigenvalue weighted by atomic mass is 79.9. The van der Waals surface area contributed by atoms with Crippen LogP contribution in [0.25, 0.3) is 0 Å². The van der Waals surface area contributed by atoms with Gasteiger partial charge in [0, 0.05) is 10.2 Å². The van der Waals surface area contributed by atoms with Gasteiger partial charge >= 0.3 is 0 Å². The van der Waals surface area contributed by atoms with E-state index in [1.165, 1.54) is 35.2 Å². The average Bonchev–Trinajstić information content (AvgIpc) is 3.24. The molecular formula is C18H20BrN. The lowest BCUT2D eigenvalue weighted by atomic mass is 10.00. The predicted molar refractivity (Wildman–Crippen MR) is 89.1 cm³/mol. The summed E-state index contributed by atoms with van der Waals surface area (Å²) in [5, 5.41) is 3.75. The van der Waals surface area contributed by atoms with Crippen molar-refractivity contribution in [1.82, 2.24) is 0 Å². The third-order valence-electron chi connectivity index (χ3n) is 4.03. The van der Waals surface area contributed by atoms with E-state index in [1.807, 2.05) is 0 Å². The molecule has 1 unspecified atom stereocenters. The van der Waals surface area contributed by atoms with E-state index >= 15 is 0 Å². The maximum Gasteiger partial charge on any atom is 0.0542 e. The Morgan fingerprint density at radius 3 is 2.35 bits per heavy atom. The van der Waals surface area contributed by atoms with Gasteiger partial charge in [0.25, 0.3) is 0 Å². The van der Waals surface area contributed by atoms with Crippen LogP contribution >= 0.6 is 15.9 Å². The molecule has 20 heavy (non-hydrogen) atoms. The van der Waals surface area contributed by atoms with Crippen molar-refractivity contribution in [2.24, 2.45) is 5.92 Å². The first kappa shape index (κ1) is 13.7. The maximum atomic E-state index is 3.75. The third-order valence-corrected chi connectivity index (χ3v) is 4.52. The van der Waals surface area contributed by atoms with Crippen molar-refractivity contribution >= 4 is 21.6 Å². The number of anilines is 1. The SMILES string of the molecule is Cc1ccc(C(Nc2ccc(Br)cc2C)C2CC2)cc1. The Labute approximate surface area is 129 Å². The highest BCUT2D eigenvalue weighted by Gasteiger charge is 2.32. The van der Waals surface area contributed by atoms with E-state index in [4.69, 9.17) is 0 Å². The Bertz CT molecular complexity index is 599. The van der Waals surface area contributed by atoms with Gasteiger partial charge in [-0.15, -0.1) is 0 Å². The third kappa shape index (κ3) is 3.06. The van der Waals surface area contributed by atoms with Crippen molar-refractivity contribution in [3.05, 3.63) is 63.6 Å². The highest BCUT2D eigenvalue weighted by molar-refractivity contribution is 9.10. The molecule has 0 saturated heterocycles. The molecule has 1 saturated carbocycles. The lowest BCUT2D eigenvalue weighted by Crippen LogP contribution is -2.13. The fourth-order valence-corrected chi connectivity index (χ4v) is 3.11. The zero-order chi connectivity index (χ0) is 14.1. The molecule has 2 aromatic carbocycles. The molecule has 1 aliphatic carbocycles. The molecule has 3 rings (SSSR count). The van der Waals surface area contributed by atoms with Crippen molar-refractivity contribution in [3.63, 3.8) is 0 Å². The molecule has 104 valence electrons. The Morgan fingerprint density at radius 2 is 1.75 bits per heavy atom. The largest absolute Gasteiger partial charge is 0.378 e. The minimum absolute atomic E-state index is 0.440. The maximum absolute atomic E-state index is 3.75. The van der Waals surface area contributed by atoms with Gasteiger partial charge in [0.15, 0.2) is 0 Å². The summed E-state index contributed by atoms with van der Waals surface area (Å²) in [7, 11) is 0. The number of rotatable bonds is 4. The summed E-state index contributed by atoms with van der Waals surface area (Å²) in [6.45, 7) is 4.30. The zero-order valence-corrected chi connectivity index (χ0v) is 13.6. The lowest BCUT2D eigenvalue weighted by Gasteiger charge is -2.22. The van der Waals surface area contributed by atoms with E-state index in [2.05, 4.69) is 77.6 Å². The molecule has 0 amide bonds. The van der Waals surface area contributed by atoms with E-state index in [-0.39, 0.29) is 0 Å². The van der Waals surface area contributed by atoms with E-state index in [9.17, 15) is 0 Å². The molecule has 2 aromatic rings. The van der Waals surface area contributed by atoms with Gasteiger partial charge in [0.2, 0.25) is 0 Å². The van der Waals surface area contributed by atoms with Crippen LogP contribution in [0.1, 0.15) is 35.6 Å². The van der Waals surface area contributed by atoms with Gasteiger partial charge in [0.05, 0.1) is 6.04 Å². The molecule has 0 spiro atoms. The van der Waals surface area contributed by atoms with Crippen molar-refractivity contribution in [2.75, 3.05) is 5.32 Å². The Hall–Kier alpha value is -1.28. The molecular weight excluding hydrogens is 310 g/mol. The first-order valence-electron chi connectivity index (χ1n) is 7.23. The summed E-state index contributed by atoms with van der Waals surface area (Å²) in [5.41, 5.74) is 5.26. The second-order valence-corrected chi connectivity index (χ2v) is 6.75. The van der Waals surface area contributed by atoms with E-state index in [1.54, 1.807) is 0 Å². The monoisotopic (exact) mass is 329 g/mol. The molecule has 0 radical (unpaired) electrons. The van der Waals surface area contributed by atoms with Crippen molar-refractivity contribution < 1.29 is 0 Å². The minimum Gasteiger partial charge on any atom is -0.378 e. The van der Waals surface area contributed by atoms with E-state index in [0.717, 1.165) is 10.4 Å². The smallest absolute Gasteiger partial charge is 0.0542 e. The van der Waals surface area contributed by atoms with Gasteiger partial charge < -0.3 is 5.32 Å². The van der Waals surface area contributed by atoms with Crippen LogP contribution < -0.4 is 5.32 Å². The average molecular weight is 330 g/mol. The Balaban J connectivity index is 1.86. The van der Waals surface area contributed by atoms with Crippen LogP contribution in [0.15, 0.2) is 46.9 Å². The standard InChI is InChI=1S/C18H20BrN/c1-12-3-5-14(6-4-12)18(15-7-8-15)20-17-10-9-16(19)11-13(17)2/h3-6,9-11,15,18,20H,7-8H2,1-2H3. The summed E-state index contributed by atoms with van der Waals surface area (Å²) < 4.78 is 1.14. The second-order valence-electron chi connectivity index (χ2n) is 5.83. The molecule has 0 bridgehead atoms. The number of aryl methyl sites for hydroxylation is 2. The van der Waals surface area contributed by atoms with Gasteiger partial charge in [-0.2, -0.15) is 0 Å². The molecule has 0 aliphatic heterocycles. The molecule has 1 aliphatic rings. The Kier molecular flexibility index (Phi) is 3.84. The van der Waals surface area contributed by atoms with Crippen LogP contribution in [0.4, 0.5) is 5.69 Å². The zero-order valence-electron chi connectivity index (χ0n) is 12.0. The summed E-state index contributed by atoms with van der Waals surface area (Å²) in [6.07, 6.45) is 2.67. The second kappa shape index (κ2) is 5.61. The van der Waals surface area contributed by atoms with Crippen LogP contribution in [0.2, 0.25) is 0 Å². The molecule has 1 N–H and O–H groups in total. The van der Waals surface area contributed by atoms with Crippen molar-refractivity contribution in [2.45, 2.75) is 32.7 Å². The summed E-state index contributed by atoms with van der Waals surface area (Å²) in [4.78, 5) is 0. The van der Waals surface area contributed by atoms with Crippen molar-refractivity contribution in [3.8, 4) is 0 Å². The normalized spacial score (nSPS) is 15.9. The van der Waals surface area contributed by atoms with Crippen LogP contribution in [0.3, 0.4) is 0 Å².